The van der Waals surface area contributed by atoms with Gasteiger partial charge in [-0.25, -0.2) is 26.7 Å². The Kier molecular flexibility index (Phi) is 5.15. The average Bonchev–Trinajstić information content (AvgIpc) is 2.38. The first-order chi connectivity index (χ1) is 9.19. The normalized spacial score (nSPS) is 13.2. The monoisotopic (exact) mass is 309 g/mol. The lowest BCUT2D eigenvalue weighted by molar-refractivity contribution is 0.0696. The summed E-state index contributed by atoms with van der Waals surface area (Å²) in [5.74, 6) is -5.23. The van der Waals surface area contributed by atoms with E-state index in [-0.39, 0.29) is 13.2 Å². The Morgan fingerprint density at radius 2 is 2.00 bits per heavy atom. The number of benzene rings is 1. The summed E-state index contributed by atoms with van der Waals surface area (Å²) in [5.41, 5.74) is -0.681. The molecule has 0 saturated heterocycles. The van der Waals surface area contributed by atoms with Crippen molar-refractivity contribution in [3.05, 3.63) is 29.3 Å². The Morgan fingerprint density at radius 3 is 2.50 bits per heavy atom. The van der Waals surface area contributed by atoms with E-state index in [9.17, 15) is 22.0 Å². The molecule has 0 radical (unpaired) electrons. The van der Waals surface area contributed by atoms with Gasteiger partial charge < -0.3 is 10.2 Å². The predicted molar refractivity (Wildman–Crippen MR) is 64.8 cm³/mol. The van der Waals surface area contributed by atoms with Crippen LogP contribution in [-0.2, 0) is 10.0 Å². The molecule has 0 amide bonds. The lowest BCUT2D eigenvalue weighted by Crippen LogP contribution is -2.30. The van der Waals surface area contributed by atoms with Crippen molar-refractivity contribution in [2.24, 2.45) is 5.92 Å². The van der Waals surface area contributed by atoms with E-state index in [1.54, 1.807) is 0 Å². The van der Waals surface area contributed by atoms with Gasteiger partial charge in [0.05, 0.1) is 5.56 Å². The molecule has 20 heavy (non-hydrogen) atoms. The molecule has 112 valence electrons. The molecule has 0 heterocycles. The number of carbonyl (C=O) groups is 1. The molecule has 0 aliphatic heterocycles. The Labute approximate surface area is 114 Å². The molecule has 1 aromatic rings. The van der Waals surface area contributed by atoms with Crippen LogP contribution in [0.1, 0.15) is 17.3 Å². The summed E-state index contributed by atoms with van der Waals surface area (Å²) in [6, 6.07) is 0.930. The van der Waals surface area contributed by atoms with Crippen LogP contribution in [0, 0.1) is 17.6 Å². The van der Waals surface area contributed by atoms with E-state index in [1.807, 2.05) is 4.72 Å². The number of carboxylic acid groups (broad SMARTS) is 1. The first kappa shape index (κ1) is 16.5. The van der Waals surface area contributed by atoms with Gasteiger partial charge in [-0.1, -0.05) is 6.92 Å². The van der Waals surface area contributed by atoms with Crippen molar-refractivity contribution in [3.63, 3.8) is 0 Å². The molecular weight excluding hydrogens is 296 g/mol. The maximum absolute atomic E-state index is 13.5. The van der Waals surface area contributed by atoms with Crippen molar-refractivity contribution < 1.29 is 32.2 Å². The topological polar surface area (TPSA) is 104 Å². The van der Waals surface area contributed by atoms with Gasteiger partial charge in [-0.05, 0) is 18.1 Å². The highest BCUT2D eigenvalue weighted by Gasteiger charge is 2.24. The minimum absolute atomic E-state index is 0.197. The number of nitrogens with one attached hydrogen (secondary N) is 1. The summed E-state index contributed by atoms with van der Waals surface area (Å²) in [5, 5.41) is 17.5. The lowest BCUT2D eigenvalue weighted by atomic mass is 10.2. The summed E-state index contributed by atoms with van der Waals surface area (Å²) in [7, 11) is -4.41. The highest BCUT2D eigenvalue weighted by molar-refractivity contribution is 7.89. The molecule has 0 saturated carbocycles. The molecule has 3 N–H and O–H groups in total. The summed E-state index contributed by atoms with van der Waals surface area (Å²) < 4.78 is 52.3. The molecule has 1 atom stereocenters. The Balaban J connectivity index is 3.20. The largest absolute Gasteiger partial charge is 0.478 e. The molecule has 1 rings (SSSR count). The van der Waals surface area contributed by atoms with E-state index in [2.05, 4.69) is 0 Å². The zero-order chi connectivity index (χ0) is 15.5. The van der Waals surface area contributed by atoms with Crippen molar-refractivity contribution in [1.82, 2.24) is 4.72 Å². The van der Waals surface area contributed by atoms with Crippen molar-refractivity contribution in [2.45, 2.75) is 11.8 Å². The molecule has 0 aromatic heterocycles. The van der Waals surface area contributed by atoms with E-state index >= 15 is 0 Å². The van der Waals surface area contributed by atoms with Gasteiger partial charge in [0, 0.05) is 13.2 Å². The van der Waals surface area contributed by atoms with Gasteiger partial charge in [0.1, 0.15) is 4.90 Å². The fraction of sp³-hybridized carbons (Fsp3) is 0.364. The van der Waals surface area contributed by atoms with Gasteiger partial charge in [-0.3, -0.25) is 0 Å². The first-order valence-electron chi connectivity index (χ1n) is 5.52. The lowest BCUT2D eigenvalue weighted by Gasteiger charge is -2.11. The van der Waals surface area contributed by atoms with Crippen LogP contribution in [0.3, 0.4) is 0 Å². The van der Waals surface area contributed by atoms with E-state index < -0.39 is 44.0 Å². The maximum Gasteiger partial charge on any atom is 0.335 e. The van der Waals surface area contributed by atoms with E-state index in [1.165, 1.54) is 6.92 Å². The van der Waals surface area contributed by atoms with Crippen LogP contribution in [0.15, 0.2) is 17.0 Å². The Bertz CT molecular complexity index is 617. The number of hydrogen-bond acceptors (Lipinski definition) is 4. The second-order valence-corrected chi connectivity index (χ2v) is 5.95. The fourth-order valence-corrected chi connectivity index (χ4v) is 2.55. The number of halogens is 2. The Morgan fingerprint density at radius 1 is 1.40 bits per heavy atom. The number of aromatic carboxylic acids is 1. The number of aliphatic hydroxyl groups is 1. The maximum atomic E-state index is 13.5. The summed E-state index contributed by atoms with van der Waals surface area (Å²) >= 11 is 0. The predicted octanol–water partition coefficient (Wildman–Crippen LogP) is 0.570. The van der Waals surface area contributed by atoms with Crippen LogP contribution < -0.4 is 4.72 Å². The van der Waals surface area contributed by atoms with Crippen LogP contribution in [0.5, 0.6) is 0 Å². The molecule has 0 aliphatic rings. The van der Waals surface area contributed by atoms with Crippen molar-refractivity contribution in [2.75, 3.05) is 13.2 Å². The summed E-state index contributed by atoms with van der Waals surface area (Å²) in [6.45, 7) is 1.04. The van der Waals surface area contributed by atoms with E-state index in [0.29, 0.717) is 12.1 Å². The third-order valence-corrected chi connectivity index (χ3v) is 3.89. The van der Waals surface area contributed by atoms with Gasteiger partial charge in [0.15, 0.2) is 11.6 Å². The quantitative estimate of drug-likeness (QED) is 0.713. The highest BCUT2D eigenvalue weighted by atomic mass is 32.2. The van der Waals surface area contributed by atoms with Crippen LogP contribution in [0.2, 0.25) is 0 Å². The molecule has 0 aliphatic carbocycles. The Hall–Kier alpha value is -1.58. The highest BCUT2D eigenvalue weighted by Crippen LogP contribution is 2.20. The standard InChI is InChI=1S/C11H13F2NO5S/c1-6(5-15)4-14-20(18,19)9-3-7(11(16)17)2-8(12)10(9)13/h2-3,6,14-15H,4-5H2,1H3,(H,16,17). The zero-order valence-electron chi connectivity index (χ0n) is 10.4. The molecule has 0 fully saturated rings. The molecule has 0 bridgehead atoms. The second-order valence-electron chi connectivity index (χ2n) is 4.21. The van der Waals surface area contributed by atoms with Crippen LogP contribution >= 0.6 is 0 Å². The number of hydrogen-bond donors (Lipinski definition) is 3. The van der Waals surface area contributed by atoms with Gasteiger partial charge >= 0.3 is 5.97 Å². The molecule has 0 spiro atoms. The van der Waals surface area contributed by atoms with Crippen LogP contribution in [-0.4, -0.2) is 37.8 Å². The van der Waals surface area contributed by atoms with Crippen LogP contribution in [0.25, 0.3) is 0 Å². The van der Waals surface area contributed by atoms with Gasteiger partial charge in [-0.15, -0.1) is 0 Å². The molecule has 1 aromatic carbocycles. The second kappa shape index (κ2) is 6.25. The number of aliphatic hydroxyl groups excluding tert-OH is 1. The van der Waals surface area contributed by atoms with Crippen molar-refractivity contribution in [1.29, 1.82) is 0 Å². The minimum Gasteiger partial charge on any atom is -0.478 e. The van der Waals surface area contributed by atoms with Gasteiger partial charge in [-0.2, -0.15) is 0 Å². The molecule has 6 nitrogen and oxygen atoms in total. The first-order valence-corrected chi connectivity index (χ1v) is 7.00. The fourth-order valence-electron chi connectivity index (χ4n) is 1.28. The molecule has 9 heteroatoms. The SMILES string of the molecule is CC(CO)CNS(=O)(=O)c1cc(C(=O)O)cc(F)c1F. The number of sulfonamides is 1. The smallest absolute Gasteiger partial charge is 0.335 e. The third kappa shape index (κ3) is 3.71. The van der Waals surface area contributed by atoms with E-state index in [4.69, 9.17) is 10.2 Å². The van der Waals surface area contributed by atoms with Gasteiger partial charge in [0.2, 0.25) is 10.0 Å². The molecular formula is C11H13F2NO5S. The van der Waals surface area contributed by atoms with Gasteiger partial charge in [0.25, 0.3) is 0 Å². The number of carboxylic acids is 1. The van der Waals surface area contributed by atoms with Crippen molar-refractivity contribution in [3.8, 4) is 0 Å². The van der Waals surface area contributed by atoms with Crippen molar-refractivity contribution >= 4 is 16.0 Å². The summed E-state index contributed by atoms with van der Waals surface area (Å²) in [6.07, 6.45) is 0. The minimum atomic E-state index is -4.41. The third-order valence-electron chi connectivity index (χ3n) is 2.46. The molecule has 1 unspecified atom stereocenters. The summed E-state index contributed by atoms with van der Waals surface area (Å²) in [4.78, 5) is 9.64. The van der Waals surface area contributed by atoms with Crippen LogP contribution in [0.4, 0.5) is 8.78 Å². The number of rotatable bonds is 6. The zero-order valence-corrected chi connectivity index (χ0v) is 11.2. The average molecular weight is 309 g/mol. The van der Waals surface area contributed by atoms with E-state index in [0.717, 1.165) is 0 Å².